The van der Waals surface area contributed by atoms with Crippen LogP contribution in [0.25, 0.3) is 32.7 Å². The smallest absolute Gasteiger partial charge is 0.744 e. The van der Waals surface area contributed by atoms with Crippen molar-refractivity contribution in [3.05, 3.63) is 84.9 Å². The predicted molar refractivity (Wildman–Crippen MR) is 400 cm³/mol. The molecular formula is C70H98Cu2N20O14S2. The van der Waals surface area contributed by atoms with E-state index in [9.17, 15) is 46.4 Å². The van der Waals surface area contributed by atoms with Gasteiger partial charge in [0.2, 0.25) is 23.8 Å². The van der Waals surface area contributed by atoms with Crippen LogP contribution in [0.2, 0.25) is 0 Å². The van der Waals surface area contributed by atoms with Gasteiger partial charge in [0, 0.05) is 107 Å². The topological polar surface area (TPSA) is 497 Å². The average Bonchev–Trinajstić information content (AvgIpc) is 0.770. The second-order valence-corrected chi connectivity index (χ2v) is 26.7. The molecule has 34 nitrogen and oxygen atoms in total. The van der Waals surface area contributed by atoms with Crippen molar-refractivity contribution in [2.24, 2.45) is 20.5 Å². The van der Waals surface area contributed by atoms with Gasteiger partial charge in [0.05, 0.1) is 9.79 Å². The van der Waals surface area contributed by atoms with Gasteiger partial charge in [0.1, 0.15) is 65.9 Å². The van der Waals surface area contributed by atoms with E-state index in [0.29, 0.717) is 84.4 Å². The molecule has 0 fully saturated rings. The number of carbonyl (C=O) groups excluding carboxylic acids is 2. The molecule has 8 rings (SSSR count). The number of aromatic hydroxyl groups is 4. The Bertz CT molecular complexity index is 4200. The van der Waals surface area contributed by atoms with E-state index in [4.69, 9.17) is 19.8 Å². The van der Waals surface area contributed by atoms with Crippen molar-refractivity contribution < 1.29 is 114 Å². The van der Waals surface area contributed by atoms with Gasteiger partial charge >= 0.3 is 14.7 Å². The van der Waals surface area contributed by atoms with Gasteiger partial charge in [-0.3, -0.25) is 0 Å². The number of quaternary nitrogens is 2. The molecule has 2 aromatic heterocycles. The van der Waals surface area contributed by atoms with Crippen LogP contribution in [0.4, 0.5) is 69.8 Å². The number of aromatic nitrogens is 6. The Balaban J connectivity index is 0.00000326. The molecule has 0 aliphatic carbocycles. The summed E-state index contributed by atoms with van der Waals surface area (Å²) in [5.74, 6) is -2.38. The molecule has 2 radical (unpaired) electrons. The number of hydrogen-bond acceptors (Lipinski definition) is 32. The largest absolute Gasteiger partial charge is 1.00 e. The van der Waals surface area contributed by atoms with E-state index < -0.39 is 76.3 Å². The van der Waals surface area contributed by atoms with E-state index in [1.54, 1.807) is 34.9 Å². The van der Waals surface area contributed by atoms with Crippen LogP contribution in [0.1, 0.15) is 97.8 Å². The summed E-state index contributed by atoms with van der Waals surface area (Å²) in [5, 5.41) is 96.4. The molecule has 0 spiro atoms. The summed E-state index contributed by atoms with van der Waals surface area (Å²) in [5.41, 5.74) is -0.0250. The van der Waals surface area contributed by atoms with Gasteiger partial charge in [-0.25, -0.2) is 27.5 Å². The summed E-state index contributed by atoms with van der Waals surface area (Å²) in [6.07, 6.45) is 3.42. The maximum Gasteiger partial charge on any atom is 1.00 e. The first-order chi connectivity index (χ1) is 50.5. The van der Waals surface area contributed by atoms with Crippen LogP contribution in [-0.4, -0.2) is 213 Å². The van der Waals surface area contributed by atoms with Crippen molar-refractivity contribution in [3.8, 4) is 34.1 Å². The number of carboxylic acid groups (broad SMARTS) is 2. The number of nitrogens with two attached hydrogens (primary N) is 2. The number of anilines is 4. The van der Waals surface area contributed by atoms with Crippen molar-refractivity contribution in [1.29, 1.82) is 0 Å². The van der Waals surface area contributed by atoms with Crippen LogP contribution in [0.5, 0.6) is 23.0 Å². The van der Waals surface area contributed by atoms with E-state index in [2.05, 4.69) is 147 Å². The molecule has 108 heavy (non-hydrogen) atoms. The van der Waals surface area contributed by atoms with Crippen molar-refractivity contribution in [1.82, 2.24) is 49.5 Å². The number of fused-ring (bicyclic) bond motifs is 2. The van der Waals surface area contributed by atoms with Crippen LogP contribution in [0.15, 0.2) is 115 Å². The second kappa shape index (κ2) is 45.1. The number of rotatable bonds is 39. The van der Waals surface area contributed by atoms with Crippen LogP contribution >= 0.6 is 0 Å². The minimum atomic E-state index is -5.29. The summed E-state index contributed by atoms with van der Waals surface area (Å²) >= 11 is 0. The zero-order valence-electron chi connectivity index (χ0n) is 63.9. The Morgan fingerprint density at radius 2 is 0.713 bits per heavy atom. The van der Waals surface area contributed by atoms with Crippen molar-refractivity contribution in [2.45, 2.75) is 105 Å². The number of azo groups is 2. The number of carbonyl (C=O) groups is 2. The monoisotopic (exact) mass is 1630 g/mol. The van der Waals surface area contributed by atoms with Gasteiger partial charge in [-0.1, -0.05) is 67.5 Å². The molecule has 38 heteroatoms. The third kappa shape index (κ3) is 28.5. The van der Waals surface area contributed by atoms with Gasteiger partial charge in [-0.15, -0.1) is 40.4 Å². The van der Waals surface area contributed by atoms with E-state index in [0.717, 1.165) is 130 Å². The maximum absolute atomic E-state index is 12.8. The molecule has 6 aromatic carbocycles. The molecule has 8 aromatic rings. The Morgan fingerprint density at radius 3 is 0.963 bits per heavy atom. The third-order valence-corrected chi connectivity index (χ3v) is 18.4. The molecule has 0 atom stereocenters. The van der Waals surface area contributed by atoms with E-state index >= 15 is 0 Å². The van der Waals surface area contributed by atoms with Crippen LogP contribution < -0.4 is 42.1 Å². The molecule has 0 aliphatic heterocycles. The van der Waals surface area contributed by atoms with E-state index in [1.165, 1.54) is 48.5 Å². The van der Waals surface area contributed by atoms with Crippen molar-refractivity contribution >= 4 is 124 Å². The summed E-state index contributed by atoms with van der Waals surface area (Å²) in [7, 11) is -10.6. The first kappa shape index (κ1) is 91.4. The molecule has 0 saturated heterocycles. The summed E-state index contributed by atoms with van der Waals surface area (Å²) in [6.45, 7) is 32.5. The van der Waals surface area contributed by atoms with E-state index in [1.807, 2.05) is 0 Å². The number of nitrogens with zero attached hydrogens (tertiary/aromatic N) is 14. The number of benzene rings is 6. The summed E-state index contributed by atoms with van der Waals surface area (Å²) < 4.78 is 76.9. The van der Waals surface area contributed by atoms with Gasteiger partial charge in [0.25, 0.3) is 0 Å². The zero-order valence-corrected chi connectivity index (χ0v) is 65.4. The van der Waals surface area contributed by atoms with Crippen LogP contribution in [0, 0.1) is 0 Å². The molecule has 0 aliphatic rings. The maximum atomic E-state index is 12.8. The first-order valence-electron chi connectivity index (χ1n) is 35.0. The van der Waals surface area contributed by atoms with Gasteiger partial charge in [-0.2, -0.15) is 9.97 Å². The number of phenols is 4. The van der Waals surface area contributed by atoms with Crippen molar-refractivity contribution in [3.63, 3.8) is 0 Å². The van der Waals surface area contributed by atoms with Crippen LogP contribution in [0.3, 0.4) is 0 Å². The SMILES string of the molecule is CC(=O)[O-].CC(=O)[O-].CCN(CC)CCCNc1nc(NCCCN(CC)CC)nc([NH2+]c2ccc3c(O)c(N=Nc4ccc(-c5ccc(N=Nc6c(S(=O)(=O)[O-])cc7cc([NH2+]c8nc(NCCCN(CC)CC)nc(NCCCN(CC)CC)n8)ccc7c6O)c(O)c5)cc4O)c(S(=O)(=O)[O-])cc3c2)n1.[Cu].[Cu].[H+].[H+]. The standard InChI is InChI=1S/C66H90N20O10S2.2C2H4O2.2Cu/c1-9-83(10-2)33-17-29-67-61-73-62(68-30-18-34-84(11-3)12-4)76-65(75-61)71-47-23-25-49-45(37-47)41-55(97(91,92)93)57(59(49)89)81-79-51-27-21-43(39-53(51)87)44-22-28-52(54(88)40-44)80-82-58-56(98(94,95)96)42-46-38-48(24-26-50(46)60(58)90)72-66-77-63(69-31-19-35-85(13-5)14-6)74-64(78-66)70-32-20-36-86(15-7)16-8;2*1-2(3)4;;/h21-28,37-42,87-90H,9-20,29-36H2,1-8H3,(H,91,92,93)(H,94,95,96)(H3,67,68,71,73,75,76)(H3,69,70,72,74,77,78);2*1H3,(H,3,4);;. The number of phenolic OH excluding ortho intramolecular Hbond substituents is 4. The molecule has 0 saturated carbocycles. The number of aliphatic carboxylic acids is 2. The molecule has 2 heterocycles. The Hall–Kier alpha value is -8.98. The molecule has 0 unspecified atom stereocenters. The fourth-order valence-corrected chi connectivity index (χ4v) is 12.3. The quantitative estimate of drug-likeness (QED) is 0.00618. The van der Waals surface area contributed by atoms with Gasteiger partial charge < -0.3 is 90.2 Å². The molecule has 0 amide bonds. The summed E-state index contributed by atoms with van der Waals surface area (Å²) in [6, 6.07) is 19.8. The predicted octanol–water partition coefficient (Wildman–Crippen LogP) is 6.85. The Morgan fingerprint density at radius 1 is 0.435 bits per heavy atom. The zero-order chi connectivity index (χ0) is 77.7. The Labute approximate surface area is 653 Å². The Kier molecular flexibility index (Phi) is 38.2. The second-order valence-electron chi connectivity index (χ2n) is 24.0. The molecule has 596 valence electrons. The fourth-order valence-electron chi connectivity index (χ4n) is 11.0. The van der Waals surface area contributed by atoms with Crippen LogP contribution in [-0.2, 0) is 64.0 Å². The number of hydrogen-bond donors (Lipinski definition) is 10. The van der Waals surface area contributed by atoms with Gasteiger partial charge in [0.15, 0.2) is 11.5 Å². The third-order valence-electron chi connectivity index (χ3n) is 16.7. The minimum absolute atomic E-state index is 0. The average molecular weight is 1630 g/mol. The van der Waals surface area contributed by atoms with E-state index in [-0.39, 0.29) is 69.9 Å². The minimum Gasteiger partial charge on any atom is -0.744 e. The molecular weight excluding hydrogens is 1540 g/mol. The molecule has 0 bridgehead atoms. The number of nitrogens with one attached hydrogen (secondary N) is 4. The normalized spacial score (nSPS) is 11.6. The first-order valence-corrected chi connectivity index (χ1v) is 37.8. The summed E-state index contributed by atoms with van der Waals surface area (Å²) in [4.78, 5) is 53.1. The fraction of sp³-hybridized carbons (Fsp3) is 0.429. The number of carboxylic acids is 2. The van der Waals surface area contributed by atoms with Crippen molar-refractivity contribution in [2.75, 3.05) is 126 Å². The molecule has 12 N–H and O–H groups in total. The van der Waals surface area contributed by atoms with Gasteiger partial charge in [-0.05, 0) is 188 Å².